The minimum Gasteiger partial charge on any atom is -0.326 e. The van der Waals surface area contributed by atoms with Crippen molar-refractivity contribution in [2.75, 3.05) is 12.4 Å². The molecular formula is C23H27N3O2S. The molecule has 1 unspecified atom stereocenters. The number of amidine groups is 1. The van der Waals surface area contributed by atoms with Crippen LogP contribution in [0.4, 0.5) is 11.4 Å². The predicted octanol–water partition coefficient (Wildman–Crippen LogP) is 4.82. The second-order valence-corrected chi connectivity index (χ2v) is 8.83. The van der Waals surface area contributed by atoms with Crippen LogP contribution in [0.1, 0.15) is 34.2 Å². The van der Waals surface area contributed by atoms with Gasteiger partial charge >= 0.3 is 0 Å². The van der Waals surface area contributed by atoms with Crippen LogP contribution in [0.3, 0.4) is 0 Å². The number of aryl methyl sites for hydroxylation is 5. The molecule has 3 rings (SSSR count). The quantitative estimate of drug-likeness (QED) is 0.788. The summed E-state index contributed by atoms with van der Waals surface area (Å²) in [5.41, 5.74) is 7.07. The molecule has 1 saturated heterocycles. The van der Waals surface area contributed by atoms with E-state index in [1.165, 1.54) is 17.3 Å². The lowest BCUT2D eigenvalue weighted by molar-refractivity contribution is -0.127. The van der Waals surface area contributed by atoms with E-state index in [2.05, 4.69) is 24.4 Å². The lowest BCUT2D eigenvalue weighted by Crippen LogP contribution is -2.30. The number of anilines is 1. The molecule has 1 fully saturated rings. The highest BCUT2D eigenvalue weighted by molar-refractivity contribution is 8.15. The molecule has 0 radical (unpaired) electrons. The third kappa shape index (κ3) is 4.53. The summed E-state index contributed by atoms with van der Waals surface area (Å²) >= 11 is 1.36. The maximum absolute atomic E-state index is 12.7. The van der Waals surface area contributed by atoms with Gasteiger partial charge in [-0.15, -0.1) is 0 Å². The molecule has 2 amide bonds. The summed E-state index contributed by atoms with van der Waals surface area (Å²) in [6, 6.07) is 10.1. The van der Waals surface area contributed by atoms with Gasteiger partial charge in [0.2, 0.25) is 11.8 Å². The van der Waals surface area contributed by atoms with E-state index in [1.54, 1.807) is 11.9 Å². The smallest absolute Gasteiger partial charge is 0.242 e. The Labute approximate surface area is 176 Å². The highest BCUT2D eigenvalue weighted by Gasteiger charge is 2.37. The second kappa shape index (κ2) is 8.41. The SMILES string of the molecule is Cc1cc(C)c(N=C2SC(CC(=O)Nc3c(C)cccc3C)C(=O)N2C)c(C)c1. The maximum Gasteiger partial charge on any atom is 0.242 e. The van der Waals surface area contributed by atoms with E-state index < -0.39 is 5.25 Å². The Morgan fingerprint density at radius 2 is 1.66 bits per heavy atom. The number of aliphatic imine (C=N–C) groups is 1. The van der Waals surface area contributed by atoms with Gasteiger partial charge in [-0.3, -0.25) is 14.5 Å². The lowest BCUT2D eigenvalue weighted by atomic mass is 10.1. The molecule has 2 aromatic carbocycles. The van der Waals surface area contributed by atoms with E-state index in [-0.39, 0.29) is 18.2 Å². The first-order valence-corrected chi connectivity index (χ1v) is 10.5. The first-order valence-electron chi connectivity index (χ1n) is 9.64. The van der Waals surface area contributed by atoms with Crippen LogP contribution in [0.5, 0.6) is 0 Å². The fourth-order valence-corrected chi connectivity index (χ4v) is 4.75. The average Bonchev–Trinajstić information content (AvgIpc) is 2.89. The number of carbonyl (C=O) groups excluding carboxylic acids is 2. The Morgan fingerprint density at radius 1 is 1.07 bits per heavy atom. The number of para-hydroxylation sites is 1. The van der Waals surface area contributed by atoms with Gasteiger partial charge in [0.1, 0.15) is 5.25 Å². The standard InChI is InChI=1S/C23H27N3O2S/c1-13-10-16(4)21(17(5)11-13)25-23-26(6)22(28)18(29-23)12-19(27)24-20-14(2)8-7-9-15(20)3/h7-11,18H,12H2,1-6H3,(H,24,27). The minimum absolute atomic E-state index is 0.0900. The molecule has 2 aromatic rings. The molecular weight excluding hydrogens is 382 g/mol. The largest absolute Gasteiger partial charge is 0.326 e. The number of nitrogens with zero attached hydrogens (tertiary/aromatic N) is 2. The summed E-state index contributed by atoms with van der Waals surface area (Å²) in [5, 5.41) is 3.14. The Hall–Kier alpha value is -2.60. The molecule has 0 bridgehead atoms. The zero-order valence-electron chi connectivity index (χ0n) is 17.8. The third-order valence-electron chi connectivity index (χ3n) is 5.10. The van der Waals surface area contributed by atoms with Crippen molar-refractivity contribution in [1.29, 1.82) is 0 Å². The molecule has 5 nitrogen and oxygen atoms in total. The van der Waals surface area contributed by atoms with Gasteiger partial charge in [0.15, 0.2) is 5.17 Å². The van der Waals surface area contributed by atoms with Crippen molar-refractivity contribution in [3.8, 4) is 0 Å². The summed E-state index contributed by atoms with van der Waals surface area (Å²) in [4.78, 5) is 31.6. The molecule has 0 saturated carbocycles. The number of rotatable bonds is 4. The molecule has 1 aliphatic rings. The van der Waals surface area contributed by atoms with Crippen molar-refractivity contribution in [2.24, 2.45) is 4.99 Å². The van der Waals surface area contributed by atoms with Crippen LogP contribution in [0.15, 0.2) is 35.3 Å². The molecule has 1 heterocycles. The van der Waals surface area contributed by atoms with Gasteiger partial charge < -0.3 is 5.32 Å². The van der Waals surface area contributed by atoms with Crippen molar-refractivity contribution >= 4 is 40.1 Å². The summed E-state index contributed by atoms with van der Waals surface area (Å²) < 4.78 is 0. The van der Waals surface area contributed by atoms with Gasteiger partial charge in [-0.2, -0.15) is 0 Å². The van der Waals surface area contributed by atoms with Gasteiger partial charge in [0.05, 0.1) is 5.69 Å². The van der Waals surface area contributed by atoms with Crippen LogP contribution in [0.2, 0.25) is 0 Å². The van der Waals surface area contributed by atoms with Crippen LogP contribution in [0.25, 0.3) is 0 Å². The topological polar surface area (TPSA) is 61.8 Å². The molecule has 0 spiro atoms. The van der Waals surface area contributed by atoms with Crippen LogP contribution in [-0.2, 0) is 9.59 Å². The Bertz CT molecular complexity index is 970. The summed E-state index contributed by atoms with van der Waals surface area (Å²) in [5.74, 6) is -0.251. The molecule has 6 heteroatoms. The Kier molecular flexibility index (Phi) is 6.13. The highest BCUT2D eigenvalue weighted by atomic mass is 32.2. The van der Waals surface area contributed by atoms with Gasteiger partial charge in [0.25, 0.3) is 0 Å². The predicted molar refractivity (Wildman–Crippen MR) is 121 cm³/mol. The highest BCUT2D eigenvalue weighted by Crippen LogP contribution is 2.33. The van der Waals surface area contributed by atoms with Crippen molar-refractivity contribution in [3.63, 3.8) is 0 Å². The summed E-state index contributed by atoms with van der Waals surface area (Å²) in [6.07, 6.45) is 0.118. The number of hydrogen-bond acceptors (Lipinski definition) is 4. The second-order valence-electron chi connectivity index (χ2n) is 7.66. The monoisotopic (exact) mass is 409 g/mol. The number of benzene rings is 2. The van der Waals surface area contributed by atoms with Crippen LogP contribution in [-0.4, -0.2) is 34.2 Å². The van der Waals surface area contributed by atoms with Crippen molar-refractivity contribution in [2.45, 2.75) is 46.3 Å². The maximum atomic E-state index is 12.7. The number of nitrogens with one attached hydrogen (secondary N) is 1. The summed E-state index contributed by atoms with van der Waals surface area (Å²) in [6.45, 7) is 10.0. The Balaban J connectivity index is 1.76. The van der Waals surface area contributed by atoms with Gasteiger partial charge in [-0.1, -0.05) is 47.7 Å². The minimum atomic E-state index is -0.464. The molecule has 1 atom stereocenters. The molecule has 1 N–H and O–H groups in total. The average molecular weight is 410 g/mol. The Morgan fingerprint density at radius 3 is 2.24 bits per heavy atom. The van der Waals surface area contributed by atoms with Crippen molar-refractivity contribution in [1.82, 2.24) is 4.90 Å². The molecule has 0 aromatic heterocycles. The molecule has 29 heavy (non-hydrogen) atoms. The fraction of sp³-hybridized carbons (Fsp3) is 0.348. The van der Waals surface area contributed by atoms with Crippen molar-refractivity contribution in [3.05, 3.63) is 58.1 Å². The molecule has 1 aliphatic heterocycles. The van der Waals surface area contributed by atoms with E-state index in [9.17, 15) is 9.59 Å². The number of amides is 2. The third-order valence-corrected chi connectivity index (χ3v) is 6.33. The van der Waals surface area contributed by atoms with Gasteiger partial charge in [-0.05, 0) is 56.9 Å². The lowest BCUT2D eigenvalue weighted by Gasteiger charge is -2.13. The van der Waals surface area contributed by atoms with Crippen molar-refractivity contribution < 1.29 is 9.59 Å². The normalized spacial score (nSPS) is 17.9. The number of hydrogen-bond donors (Lipinski definition) is 1. The van der Waals surface area contributed by atoms with E-state index in [0.717, 1.165) is 33.6 Å². The van der Waals surface area contributed by atoms with Crippen LogP contribution in [0, 0.1) is 34.6 Å². The van der Waals surface area contributed by atoms with Gasteiger partial charge in [-0.25, -0.2) is 4.99 Å². The first-order chi connectivity index (χ1) is 13.7. The number of carbonyl (C=O) groups is 2. The van der Waals surface area contributed by atoms with Crippen LogP contribution >= 0.6 is 11.8 Å². The summed E-state index contributed by atoms with van der Waals surface area (Å²) in [7, 11) is 1.72. The van der Waals surface area contributed by atoms with E-state index >= 15 is 0 Å². The van der Waals surface area contributed by atoms with Gasteiger partial charge in [0, 0.05) is 19.2 Å². The zero-order chi connectivity index (χ0) is 21.3. The van der Waals surface area contributed by atoms with E-state index in [4.69, 9.17) is 4.99 Å². The number of thioether (sulfide) groups is 1. The fourth-order valence-electron chi connectivity index (χ4n) is 3.61. The first kappa shape index (κ1) is 21.1. The molecule has 0 aliphatic carbocycles. The molecule has 152 valence electrons. The zero-order valence-corrected chi connectivity index (χ0v) is 18.6. The van der Waals surface area contributed by atoms with Crippen LogP contribution < -0.4 is 5.32 Å². The van der Waals surface area contributed by atoms with E-state index in [1.807, 2.05) is 45.9 Å². The van der Waals surface area contributed by atoms with E-state index in [0.29, 0.717) is 5.17 Å².